The number of benzene rings is 1. The van der Waals surface area contributed by atoms with E-state index in [1.165, 1.54) is 6.42 Å². The zero-order valence-corrected chi connectivity index (χ0v) is 13.3. The number of ether oxygens (including phenoxy) is 2. The van der Waals surface area contributed by atoms with E-state index in [2.05, 4.69) is 10.6 Å². The highest BCUT2D eigenvalue weighted by molar-refractivity contribution is 6.17. The Hall–Kier alpha value is -1.26. The molecule has 2 atom stereocenters. The Morgan fingerprint density at radius 1 is 1.33 bits per heavy atom. The molecule has 3 rings (SSSR count). The topological polar surface area (TPSA) is 36.3 Å². The van der Waals surface area contributed by atoms with E-state index in [-0.39, 0.29) is 6.10 Å². The third-order valence-corrected chi connectivity index (χ3v) is 4.54. The number of methoxy groups -OCH3 is 2. The van der Waals surface area contributed by atoms with Crippen LogP contribution in [0.2, 0.25) is 0 Å². The van der Waals surface area contributed by atoms with E-state index in [0.717, 1.165) is 41.9 Å². The third-order valence-electron chi connectivity index (χ3n) is 4.35. The first kappa shape index (κ1) is 14.7. The van der Waals surface area contributed by atoms with Gasteiger partial charge in [0, 0.05) is 19.4 Å². The second-order valence-electron chi connectivity index (χ2n) is 5.44. The highest BCUT2D eigenvalue weighted by Crippen LogP contribution is 2.37. The summed E-state index contributed by atoms with van der Waals surface area (Å²) in [4.78, 5) is 4.78. The smallest absolute Gasteiger partial charge is 0.146 e. The molecular formula is C16H21ClN2O2. The molecular weight excluding hydrogens is 288 g/mol. The van der Waals surface area contributed by atoms with Crippen molar-refractivity contribution in [2.24, 2.45) is 0 Å². The van der Waals surface area contributed by atoms with Gasteiger partial charge >= 0.3 is 0 Å². The predicted molar refractivity (Wildman–Crippen MR) is 84.4 cm³/mol. The van der Waals surface area contributed by atoms with Crippen LogP contribution in [-0.4, -0.2) is 35.8 Å². The molecule has 114 valence electrons. The third kappa shape index (κ3) is 2.51. The van der Waals surface area contributed by atoms with Gasteiger partial charge in [0.2, 0.25) is 0 Å². The number of hydrogen-bond acceptors (Lipinski definition) is 3. The number of imidazole rings is 1. The second-order valence-corrected chi connectivity index (χ2v) is 5.82. The molecule has 1 aliphatic carbocycles. The van der Waals surface area contributed by atoms with Crippen molar-refractivity contribution in [2.45, 2.75) is 37.8 Å². The maximum absolute atomic E-state index is 5.97. The molecule has 1 aliphatic rings. The number of alkyl halides is 1. The first-order valence-electron chi connectivity index (χ1n) is 7.42. The van der Waals surface area contributed by atoms with Gasteiger partial charge in [0.05, 0.1) is 24.8 Å². The van der Waals surface area contributed by atoms with Crippen LogP contribution in [0.4, 0.5) is 0 Å². The van der Waals surface area contributed by atoms with E-state index in [4.69, 9.17) is 26.1 Å². The summed E-state index contributed by atoms with van der Waals surface area (Å²) >= 11 is 5.97. The Labute approximate surface area is 130 Å². The van der Waals surface area contributed by atoms with Crippen molar-refractivity contribution in [3.63, 3.8) is 0 Å². The quantitative estimate of drug-likeness (QED) is 0.792. The lowest BCUT2D eigenvalue weighted by Gasteiger charge is -2.22. The van der Waals surface area contributed by atoms with Crippen molar-refractivity contribution in [1.82, 2.24) is 9.55 Å². The zero-order chi connectivity index (χ0) is 14.8. The lowest BCUT2D eigenvalue weighted by Crippen LogP contribution is -2.22. The Kier molecular flexibility index (Phi) is 4.36. The summed E-state index contributed by atoms with van der Waals surface area (Å²) < 4.78 is 13.4. The minimum Gasteiger partial charge on any atom is -0.494 e. The fourth-order valence-corrected chi connectivity index (χ4v) is 3.58. The number of fused-ring (bicyclic) bond motifs is 1. The molecule has 0 aliphatic heterocycles. The first-order valence-corrected chi connectivity index (χ1v) is 7.96. The van der Waals surface area contributed by atoms with Gasteiger partial charge in [0.1, 0.15) is 17.1 Å². The summed E-state index contributed by atoms with van der Waals surface area (Å²) in [6.07, 6.45) is 4.42. The lowest BCUT2D eigenvalue weighted by molar-refractivity contribution is 0.0753. The summed E-state index contributed by atoms with van der Waals surface area (Å²) in [6.45, 7) is 0. The summed E-state index contributed by atoms with van der Waals surface area (Å²) in [6, 6.07) is 6.41. The van der Waals surface area contributed by atoms with E-state index < -0.39 is 0 Å². The maximum atomic E-state index is 5.97. The molecule has 21 heavy (non-hydrogen) atoms. The molecule has 0 bridgehead atoms. The summed E-state index contributed by atoms with van der Waals surface area (Å²) in [5.74, 6) is 2.41. The van der Waals surface area contributed by atoms with Crippen molar-refractivity contribution in [1.29, 1.82) is 0 Å². The number of para-hydroxylation sites is 1. The van der Waals surface area contributed by atoms with Crippen molar-refractivity contribution in [3.8, 4) is 5.75 Å². The number of nitrogens with zero attached hydrogens (tertiary/aromatic N) is 2. The van der Waals surface area contributed by atoms with Gasteiger partial charge in [-0.1, -0.05) is 6.07 Å². The summed E-state index contributed by atoms with van der Waals surface area (Å²) in [5.41, 5.74) is 2.03. The zero-order valence-electron chi connectivity index (χ0n) is 12.5. The number of halogens is 1. The number of hydrogen-bond donors (Lipinski definition) is 0. The summed E-state index contributed by atoms with van der Waals surface area (Å²) in [5, 5.41) is 0. The van der Waals surface area contributed by atoms with Gasteiger partial charge in [-0.3, -0.25) is 0 Å². The Bertz CT molecular complexity index is 626. The van der Waals surface area contributed by atoms with Gasteiger partial charge in [-0.2, -0.15) is 0 Å². The SMILES string of the molecule is COc1cccc2c1nc(CCCl)n2C1CCCC1OC. The van der Waals surface area contributed by atoms with Crippen molar-refractivity contribution in [2.75, 3.05) is 20.1 Å². The molecule has 2 unspecified atom stereocenters. The first-order chi connectivity index (χ1) is 10.3. The molecule has 1 heterocycles. The Balaban J connectivity index is 2.16. The largest absolute Gasteiger partial charge is 0.494 e. The summed E-state index contributed by atoms with van der Waals surface area (Å²) in [7, 11) is 3.48. The van der Waals surface area contributed by atoms with Crippen molar-refractivity contribution >= 4 is 22.6 Å². The number of aryl methyl sites for hydroxylation is 1. The molecule has 1 aromatic carbocycles. The normalized spacial score (nSPS) is 22.0. The Morgan fingerprint density at radius 2 is 2.19 bits per heavy atom. The van der Waals surface area contributed by atoms with E-state index >= 15 is 0 Å². The fourth-order valence-electron chi connectivity index (χ4n) is 3.41. The standard InChI is InChI=1S/C16H21ClN2O2/c1-20-13-7-3-5-11(13)19-12-6-4-8-14(21-2)16(12)18-15(19)9-10-17/h4,6,8,11,13H,3,5,7,9-10H2,1-2H3. The minimum atomic E-state index is 0.252. The molecule has 1 fully saturated rings. The Morgan fingerprint density at radius 3 is 2.90 bits per heavy atom. The number of aromatic nitrogens is 2. The van der Waals surface area contributed by atoms with Gasteiger partial charge in [-0.15, -0.1) is 11.6 Å². The number of rotatable bonds is 5. The van der Waals surface area contributed by atoms with E-state index in [9.17, 15) is 0 Å². The molecule has 4 nitrogen and oxygen atoms in total. The molecule has 0 radical (unpaired) electrons. The van der Waals surface area contributed by atoms with Crippen LogP contribution in [0.1, 0.15) is 31.1 Å². The van der Waals surface area contributed by atoms with Crippen molar-refractivity contribution in [3.05, 3.63) is 24.0 Å². The average molecular weight is 309 g/mol. The van der Waals surface area contributed by atoms with Crippen LogP contribution in [0.3, 0.4) is 0 Å². The van der Waals surface area contributed by atoms with E-state index in [0.29, 0.717) is 11.9 Å². The van der Waals surface area contributed by atoms with Gasteiger partial charge in [-0.25, -0.2) is 4.98 Å². The van der Waals surface area contributed by atoms with Crippen LogP contribution < -0.4 is 4.74 Å². The van der Waals surface area contributed by atoms with E-state index in [1.54, 1.807) is 14.2 Å². The van der Waals surface area contributed by atoms with Gasteiger partial charge in [0.15, 0.2) is 0 Å². The van der Waals surface area contributed by atoms with Gasteiger partial charge in [-0.05, 0) is 31.4 Å². The molecule has 2 aromatic rings. The van der Waals surface area contributed by atoms with E-state index in [1.807, 2.05) is 12.1 Å². The second kappa shape index (κ2) is 6.24. The van der Waals surface area contributed by atoms with Crippen LogP contribution in [-0.2, 0) is 11.2 Å². The highest BCUT2D eigenvalue weighted by Gasteiger charge is 2.31. The molecule has 0 N–H and O–H groups in total. The molecule has 0 amide bonds. The van der Waals surface area contributed by atoms with Crippen molar-refractivity contribution < 1.29 is 9.47 Å². The van der Waals surface area contributed by atoms with Gasteiger partial charge < -0.3 is 14.0 Å². The van der Waals surface area contributed by atoms with Gasteiger partial charge in [0.25, 0.3) is 0 Å². The van der Waals surface area contributed by atoms with Crippen LogP contribution in [0.15, 0.2) is 18.2 Å². The lowest BCUT2D eigenvalue weighted by atomic mass is 10.2. The molecule has 1 aromatic heterocycles. The van der Waals surface area contributed by atoms with Crippen LogP contribution in [0, 0.1) is 0 Å². The maximum Gasteiger partial charge on any atom is 0.146 e. The molecule has 5 heteroatoms. The van der Waals surface area contributed by atoms with Crippen LogP contribution in [0.25, 0.3) is 11.0 Å². The average Bonchev–Trinajstić information content (AvgIpc) is 3.10. The fraction of sp³-hybridized carbons (Fsp3) is 0.562. The molecule has 0 spiro atoms. The highest BCUT2D eigenvalue weighted by atomic mass is 35.5. The molecule has 1 saturated carbocycles. The van der Waals surface area contributed by atoms with Crippen LogP contribution in [0.5, 0.6) is 5.75 Å². The predicted octanol–water partition coefficient (Wildman–Crippen LogP) is 3.57. The minimum absolute atomic E-state index is 0.252. The molecule has 0 saturated heterocycles. The monoisotopic (exact) mass is 308 g/mol. The van der Waals surface area contributed by atoms with Crippen LogP contribution >= 0.6 is 11.6 Å².